The topological polar surface area (TPSA) is 130 Å². The first kappa shape index (κ1) is 23.9. The molecule has 3 N–H and O–H groups in total. The molecule has 1 fully saturated rings. The molecule has 1 aliphatic rings. The Labute approximate surface area is 190 Å². The third kappa shape index (κ3) is 6.38. The molecule has 8 nitrogen and oxygen atoms in total. The van der Waals surface area contributed by atoms with E-state index in [1.807, 2.05) is 6.07 Å². The molecule has 2 aromatic carbocycles. The molecule has 3 rings (SSSR count). The van der Waals surface area contributed by atoms with Crippen molar-refractivity contribution < 1.29 is 39.2 Å². The van der Waals surface area contributed by atoms with Crippen LogP contribution in [0.4, 0.5) is 0 Å². The minimum Gasteiger partial charge on any atom is -0.478 e. The van der Waals surface area contributed by atoms with Gasteiger partial charge in [-0.05, 0) is 23.3 Å². The van der Waals surface area contributed by atoms with Crippen molar-refractivity contribution in [1.82, 2.24) is 0 Å². The van der Waals surface area contributed by atoms with Gasteiger partial charge < -0.3 is 24.8 Å². The Balaban J connectivity index is 1.72. The lowest BCUT2D eigenvalue weighted by atomic mass is 9.79. The van der Waals surface area contributed by atoms with E-state index in [0.29, 0.717) is 5.56 Å². The number of ether oxygens (including phenoxy) is 2. The number of aliphatic hydroxyl groups is 2. The van der Waals surface area contributed by atoms with Gasteiger partial charge in [0.05, 0.1) is 6.10 Å². The second-order valence-corrected chi connectivity index (χ2v) is 7.65. The van der Waals surface area contributed by atoms with Crippen LogP contribution in [0.15, 0.2) is 72.8 Å². The summed E-state index contributed by atoms with van der Waals surface area (Å²) in [6.07, 6.45) is -0.449. The number of hydrogen-bond acceptors (Lipinski definition) is 7. The van der Waals surface area contributed by atoms with E-state index in [-0.39, 0.29) is 0 Å². The van der Waals surface area contributed by atoms with Gasteiger partial charge in [0.1, 0.15) is 12.2 Å². The first-order chi connectivity index (χ1) is 15.8. The van der Waals surface area contributed by atoms with Crippen molar-refractivity contribution in [2.24, 2.45) is 0 Å². The average Bonchev–Trinajstić information content (AvgIpc) is 2.81. The third-order valence-corrected chi connectivity index (χ3v) is 5.22. The molecule has 0 aliphatic heterocycles. The van der Waals surface area contributed by atoms with E-state index in [1.165, 1.54) is 12.2 Å². The van der Waals surface area contributed by atoms with Gasteiger partial charge in [-0.3, -0.25) is 0 Å². The predicted octanol–water partition coefficient (Wildman–Crippen LogP) is 2.21. The summed E-state index contributed by atoms with van der Waals surface area (Å²) in [7, 11) is 0. The van der Waals surface area contributed by atoms with E-state index in [0.717, 1.165) is 17.7 Å². The summed E-state index contributed by atoms with van der Waals surface area (Å²) in [6.45, 7) is 0. The van der Waals surface area contributed by atoms with E-state index < -0.39 is 54.7 Å². The first-order valence-corrected chi connectivity index (χ1v) is 10.3. The van der Waals surface area contributed by atoms with Gasteiger partial charge in [0.15, 0.2) is 0 Å². The molecule has 8 heteroatoms. The van der Waals surface area contributed by atoms with Gasteiger partial charge >= 0.3 is 17.9 Å². The quantitative estimate of drug-likeness (QED) is 0.431. The third-order valence-electron chi connectivity index (χ3n) is 5.22. The lowest BCUT2D eigenvalue weighted by Gasteiger charge is -2.41. The van der Waals surface area contributed by atoms with E-state index in [4.69, 9.17) is 9.47 Å². The first-order valence-electron chi connectivity index (χ1n) is 10.3. The minimum atomic E-state index is -2.18. The number of aliphatic carboxylic acids is 1. The monoisotopic (exact) mass is 452 g/mol. The van der Waals surface area contributed by atoms with Crippen molar-refractivity contribution in [1.29, 1.82) is 0 Å². The number of esters is 2. The van der Waals surface area contributed by atoms with Gasteiger partial charge in [0.25, 0.3) is 0 Å². The van der Waals surface area contributed by atoms with Crippen LogP contribution >= 0.6 is 0 Å². The van der Waals surface area contributed by atoms with Crippen molar-refractivity contribution in [2.45, 2.75) is 36.8 Å². The highest BCUT2D eigenvalue weighted by Gasteiger charge is 2.54. The van der Waals surface area contributed by atoms with Crippen LogP contribution in [0.25, 0.3) is 12.2 Å². The zero-order chi connectivity index (χ0) is 23.8. The Morgan fingerprint density at radius 1 is 0.818 bits per heavy atom. The average molecular weight is 452 g/mol. The van der Waals surface area contributed by atoms with Crippen LogP contribution in [0.5, 0.6) is 0 Å². The molecule has 0 amide bonds. The number of benzene rings is 2. The number of carboxylic acids is 1. The molecule has 0 radical (unpaired) electrons. The van der Waals surface area contributed by atoms with Crippen molar-refractivity contribution in [3.8, 4) is 0 Å². The van der Waals surface area contributed by atoms with E-state index in [1.54, 1.807) is 54.6 Å². The zero-order valence-electron chi connectivity index (χ0n) is 17.6. The van der Waals surface area contributed by atoms with Crippen molar-refractivity contribution in [3.05, 3.63) is 83.9 Å². The fraction of sp³-hybridized carbons (Fsp3) is 0.240. The molecule has 4 atom stereocenters. The van der Waals surface area contributed by atoms with Crippen molar-refractivity contribution in [2.75, 3.05) is 0 Å². The van der Waals surface area contributed by atoms with Crippen molar-refractivity contribution >= 4 is 30.1 Å². The summed E-state index contributed by atoms with van der Waals surface area (Å²) in [5.74, 6) is -3.30. The molecule has 1 aliphatic carbocycles. The van der Waals surface area contributed by atoms with Gasteiger partial charge in [0.2, 0.25) is 5.60 Å². The highest BCUT2D eigenvalue weighted by molar-refractivity contribution is 5.91. The molecule has 172 valence electrons. The Hall–Kier alpha value is -3.75. The summed E-state index contributed by atoms with van der Waals surface area (Å²) < 4.78 is 10.4. The summed E-state index contributed by atoms with van der Waals surface area (Å²) in [5, 5.41) is 30.3. The number of aliphatic hydroxyl groups excluding tert-OH is 2. The number of carboxylic acid groups (broad SMARTS) is 1. The fourth-order valence-electron chi connectivity index (χ4n) is 3.52. The molecule has 0 bridgehead atoms. The molecule has 0 heterocycles. The second kappa shape index (κ2) is 10.7. The predicted molar refractivity (Wildman–Crippen MR) is 119 cm³/mol. The number of hydrogen-bond donors (Lipinski definition) is 3. The zero-order valence-corrected chi connectivity index (χ0v) is 17.6. The Morgan fingerprint density at radius 3 is 1.85 bits per heavy atom. The maximum absolute atomic E-state index is 12.3. The smallest absolute Gasteiger partial charge is 0.348 e. The lowest BCUT2D eigenvalue weighted by molar-refractivity contribution is -0.207. The van der Waals surface area contributed by atoms with E-state index in [9.17, 15) is 29.7 Å². The van der Waals surface area contributed by atoms with Crippen LogP contribution < -0.4 is 0 Å². The summed E-state index contributed by atoms with van der Waals surface area (Å²) >= 11 is 0. The summed E-state index contributed by atoms with van der Waals surface area (Å²) in [5.41, 5.74) is -0.738. The molecule has 0 unspecified atom stereocenters. The number of carbonyl (C=O) groups is 3. The van der Waals surface area contributed by atoms with Crippen LogP contribution in [0.3, 0.4) is 0 Å². The van der Waals surface area contributed by atoms with Gasteiger partial charge in [-0.25, -0.2) is 14.4 Å². The number of rotatable bonds is 7. The van der Waals surface area contributed by atoms with Crippen LogP contribution in [0.1, 0.15) is 24.0 Å². The largest absolute Gasteiger partial charge is 0.478 e. The molecular formula is C25H24O8. The van der Waals surface area contributed by atoms with Gasteiger partial charge in [-0.2, -0.15) is 0 Å². The Kier molecular flexibility index (Phi) is 7.76. The van der Waals surface area contributed by atoms with E-state index >= 15 is 0 Å². The Morgan fingerprint density at radius 2 is 1.33 bits per heavy atom. The highest BCUT2D eigenvalue weighted by Crippen LogP contribution is 2.35. The maximum Gasteiger partial charge on any atom is 0.348 e. The molecule has 2 aromatic rings. The van der Waals surface area contributed by atoms with Crippen LogP contribution in [0, 0.1) is 0 Å². The molecule has 33 heavy (non-hydrogen) atoms. The highest BCUT2D eigenvalue weighted by atomic mass is 16.6. The Bertz CT molecular complexity index is 1030. The molecule has 0 spiro atoms. The minimum absolute atomic E-state index is 0.517. The van der Waals surface area contributed by atoms with Crippen LogP contribution in [-0.4, -0.2) is 57.1 Å². The molecule has 0 aromatic heterocycles. The van der Waals surface area contributed by atoms with Crippen molar-refractivity contribution in [3.63, 3.8) is 0 Å². The maximum atomic E-state index is 12.3. The van der Waals surface area contributed by atoms with Gasteiger partial charge in [0, 0.05) is 25.0 Å². The SMILES string of the molecule is O=C(/C=C/c1ccccc1)O[C@H]1C[C@](OC(=O)/C=C/c2ccccc2)(C(=O)O)C[C@H](O)[C@H]1O. The lowest BCUT2D eigenvalue weighted by Crippen LogP contribution is -2.58. The van der Waals surface area contributed by atoms with Crippen LogP contribution in [0.2, 0.25) is 0 Å². The van der Waals surface area contributed by atoms with Gasteiger partial charge in [-0.1, -0.05) is 60.7 Å². The summed E-state index contributed by atoms with van der Waals surface area (Å²) in [4.78, 5) is 36.6. The fourth-order valence-corrected chi connectivity index (χ4v) is 3.52. The summed E-state index contributed by atoms with van der Waals surface area (Å²) in [6, 6.07) is 17.8. The molecule has 0 saturated heterocycles. The molecule has 1 saturated carbocycles. The normalized spacial score (nSPS) is 25.1. The second-order valence-electron chi connectivity index (χ2n) is 7.65. The van der Waals surface area contributed by atoms with E-state index in [2.05, 4.69) is 0 Å². The number of carbonyl (C=O) groups excluding carboxylic acids is 2. The molecular weight excluding hydrogens is 428 g/mol. The van der Waals surface area contributed by atoms with Crippen LogP contribution in [-0.2, 0) is 23.9 Å². The van der Waals surface area contributed by atoms with Gasteiger partial charge in [-0.15, -0.1) is 0 Å². The standard InChI is InChI=1S/C25H24O8/c26-19-15-25(24(30)31,33-22(28)14-12-18-9-5-2-6-10-18)16-20(23(19)29)32-21(27)13-11-17-7-3-1-4-8-17/h1-14,19-20,23,26,29H,15-16H2,(H,30,31)/b13-11+,14-12+/t19-,20-,23+,25-/m0/s1.